The molecule has 0 unspecified atom stereocenters. The van der Waals surface area contributed by atoms with Gasteiger partial charge in [0.25, 0.3) is 0 Å². The molecule has 1 aliphatic rings. The predicted molar refractivity (Wildman–Crippen MR) is 71.9 cm³/mol. The van der Waals surface area contributed by atoms with Crippen LogP contribution in [-0.2, 0) is 9.47 Å². The molecule has 0 atom stereocenters. The predicted octanol–water partition coefficient (Wildman–Crippen LogP) is 2.52. The number of likely N-dealkylation sites (tertiary alicyclic amines) is 1. The monoisotopic (exact) mass is 263 g/mol. The summed E-state index contributed by atoms with van der Waals surface area (Å²) in [4.78, 5) is 2.46. The van der Waals surface area contributed by atoms with E-state index in [9.17, 15) is 0 Å². The van der Waals surface area contributed by atoms with Gasteiger partial charge in [0.15, 0.2) is 0 Å². The Morgan fingerprint density at radius 3 is 2.59 bits per heavy atom. The zero-order chi connectivity index (χ0) is 12.3. The Bertz CT molecular complexity index is 170. The molecular weight excluding hydrogens is 238 g/mol. The topological polar surface area (TPSA) is 21.7 Å². The van der Waals surface area contributed by atoms with Crippen LogP contribution in [0.15, 0.2) is 0 Å². The van der Waals surface area contributed by atoms with Gasteiger partial charge in [0.05, 0.1) is 19.3 Å². The highest BCUT2D eigenvalue weighted by molar-refractivity contribution is 6.17. The third-order valence-electron chi connectivity index (χ3n) is 3.16. The van der Waals surface area contributed by atoms with Crippen LogP contribution in [0.4, 0.5) is 0 Å². The highest BCUT2D eigenvalue weighted by atomic mass is 35.5. The highest BCUT2D eigenvalue weighted by Crippen LogP contribution is 2.13. The van der Waals surface area contributed by atoms with Crippen LogP contribution in [0.3, 0.4) is 0 Å². The van der Waals surface area contributed by atoms with E-state index in [1.165, 1.54) is 12.8 Å². The highest BCUT2D eigenvalue weighted by Gasteiger charge is 2.18. The zero-order valence-corrected chi connectivity index (χ0v) is 11.8. The van der Waals surface area contributed by atoms with E-state index >= 15 is 0 Å². The second-order valence-electron chi connectivity index (χ2n) is 4.57. The van der Waals surface area contributed by atoms with Crippen molar-refractivity contribution in [3.63, 3.8) is 0 Å². The van der Waals surface area contributed by atoms with Gasteiger partial charge < -0.3 is 14.4 Å². The lowest BCUT2D eigenvalue weighted by atomic mass is 10.1. The number of alkyl halides is 1. The van der Waals surface area contributed by atoms with Crippen LogP contribution in [0.1, 0.15) is 32.6 Å². The van der Waals surface area contributed by atoms with E-state index in [0.29, 0.717) is 18.6 Å². The van der Waals surface area contributed by atoms with Crippen LogP contribution in [0.5, 0.6) is 0 Å². The minimum Gasteiger partial charge on any atom is -0.380 e. The Hall–Kier alpha value is 0.170. The summed E-state index contributed by atoms with van der Waals surface area (Å²) in [6.07, 6.45) is 5.07. The molecule has 0 radical (unpaired) electrons. The summed E-state index contributed by atoms with van der Waals surface area (Å²) in [5.41, 5.74) is 0. The van der Waals surface area contributed by atoms with Crippen LogP contribution in [-0.4, -0.2) is 56.3 Å². The molecule has 0 aromatic heterocycles. The first-order valence-corrected chi connectivity index (χ1v) is 7.38. The fraction of sp³-hybridized carbons (Fsp3) is 1.00. The summed E-state index contributed by atoms with van der Waals surface area (Å²) in [5.74, 6) is 0.603. The molecule has 4 heteroatoms. The average Bonchev–Trinajstić information content (AvgIpc) is 2.37. The summed E-state index contributed by atoms with van der Waals surface area (Å²) in [7, 11) is 0. The van der Waals surface area contributed by atoms with Crippen molar-refractivity contribution in [3.05, 3.63) is 0 Å². The summed E-state index contributed by atoms with van der Waals surface area (Å²) in [6.45, 7) is 7.97. The third-order valence-corrected chi connectivity index (χ3v) is 3.31. The second-order valence-corrected chi connectivity index (χ2v) is 4.94. The molecule has 0 saturated carbocycles. The molecule has 1 saturated heterocycles. The van der Waals surface area contributed by atoms with E-state index in [1.54, 1.807) is 0 Å². The lowest BCUT2D eigenvalue weighted by molar-refractivity contribution is 0.00752. The van der Waals surface area contributed by atoms with Crippen LogP contribution in [0, 0.1) is 0 Å². The molecule has 17 heavy (non-hydrogen) atoms. The minimum atomic E-state index is 0.422. The van der Waals surface area contributed by atoms with Crippen molar-refractivity contribution < 1.29 is 9.47 Å². The largest absolute Gasteiger partial charge is 0.380 e. The molecule has 1 rings (SSSR count). The van der Waals surface area contributed by atoms with Gasteiger partial charge in [0.1, 0.15) is 0 Å². The summed E-state index contributed by atoms with van der Waals surface area (Å²) >= 11 is 5.61. The van der Waals surface area contributed by atoms with E-state index < -0.39 is 0 Å². The van der Waals surface area contributed by atoms with Crippen LogP contribution in [0.2, 0.25) is 0 Å². The SMILES string of the molecule is CCCCOCCN1CCC(OCCCl)CC1. The summed E-state index contributed by atoms with van der Waals surface area (Å²) < 4.78 is 11.2. The normalized spacial score (nSPS) is 18.7. The van der Waals surface area contributed by atoms with Gasteiger partial charge in [0.2, 0.25) is 0 Å². The van der Waals surface area contributed by atoms with Crippen LogP contribution in [0.25, 0.3) is 0 Å². The van der Waals surface area contributed by atoms with Crippen molar-refractivity contribution in [1.29, 1.82) is 0 Å². The molecule has 1 heterocycles. The lowest BCUT2D eigenvalue weighted by Gasteiger charge is -2.31. The van der Waals surface area contributed by atoms with Crippen molar-refractivity contribution in [1.82, 2.24) is 4.90 Å². The Morgan fingerprint density at radius 2 is 1.94 bits per heavy atom. The molecule has 0 N–H and O–H groups in total. The molecule has 0 aromatic carbocycles. The average molecular weight is 264 g/mol. The van der Waals surface area contributed by atoms with E-state index in [2.05, 4.69) is 11.8 Å². The fourth-order valence-electron chi connectivity index (χ4n) is 2.05. The van der Waals surface area contributed by atoms with Gasteiger partial charge in [-0.1, -0.05) is 13.3 Å². The molecule has 0 aliphatic carbocycles. The first-order valence-electron chi connectivity index (χ1n) is 6.84. The number of hydrogen-bond acceptors (Lipinski definition) is 3. The molecule has 0 spiro atoms. The Kier molecular flexibility index (Phi) is 9.07. The molecule has 0 amide bonds. The van der Waals surface area contributed by atoms with E-state index in [0.717, 1.165) is 45.7 Å². The molecule has 3 nitrogen and oxygen atoms in total. The molecule has 1 aliphatic heterocycles. The number of unbranched alkanes of at least 4 members (excludes halogenated alkanes) is 1. The van der Waals surface area contributed by atoms with Gasteiger partial charge >= 0.3 is 0 Å². The van der Waals surface area contributed by atoms with Crippen LogP contribution < -0.4 is 0 Å². The van der Waals surface area contributed by atoms with E-state index in [4.69, 9.17) is 21.1 Å². The summed E-state index contributed by atoms with van der Waals surface area (Å²) in [6, 6.07) is 0. The first kappa shape index (κ1) is 15.2. The Labute approximate surface area is 110 Å². The van der Waals surface area contributed by atoms with Gasteiger partial charge in [-0.15, -0.1) is 11.6 Å². The number of ether oxygens (including phenoxy) is 2. The number of hydrogen-bond donors (Lipinski definition) is 0. The lowest BCUT2D eigenvalue weighted by Crippen LogP contribution is -2.39. The van der Waals surface area contributed by atoms with Crippen LogP contribution >= 0.6 is 11.6 Å². The molecule has 1 fully saturated rings. The molecule has 0 bridgehead atoms. The van der Waals surface area contributed by atoms with Gasteiger partial charge in [-0.05, 0) is 19.3 Å². The van der Waals surface area contributed by atoms with Crippen molar-refractivity contribution in [2.45, 2.75) is 38.7 Å². The maximum Gasteiger partial charge on any atom is 0.0605 e. The van der Waals surface area contributed by atoms with E-state index in [1.807, 2.05) is 0 Å². The van der Waals surface area contributed by atoms with Gasteiger partial charge in [-0.25, -0.2) is 0 Å². The summed E-state index contributed by atoms with van der Waals surface area (Å²) in [5, 5.41) is 0. The molecule has 0 aromatic rings. The van der Waals surface area contributed by atoms with Gasteiger partial charge in [-0.3, -0.25) is 0 Å². The smallest absolute Gasteiger partial charge is 0.0605 e. The standard InChI is InChI=1S/C13H26ClNO2/c1-2-3-10-16-12-9-15-7-4-13(5-8-15)17-11-6-14/h13H,2-12H2,1H3. The van der Waals surface area contributed by atoms with Crippen molar-refractivity contribution >= 4 is 11.6 Å². The first-order chi connectivity index (χ1) is 8.36. The Balaban J connectivity index is 1.95. The van der Waals surface area contributed by atoms with Gasteiger partial charge in [0, 0.05) is 32.1 Å². The van der Waals surface area contributed by atoms with E-state index in [-0.39, 0.29) is 0 Å². The number of halogens is 1. The number of piperidine rings is 1. The second kappa shape index (κ2) is 10.1. The third kappa shape index (κ3) is 7.24. The number of nitrogens with zero attached hydrogens (tertiary/aromatic N) is 1. The van der Waals surface area contributed by atoms with Crippen molar-refractivity contribution in [3.8, 4) is 0 Å². The fourth-order valence-corrected chi connectivity index (χ4v) is 2.14. The maximum absolute atomic E-state index is 5.65. The zero-order valence-electron chi connectivity index (χ0n) is 11.0. The van der Waals surface area contributed by atoms with Gasteiger partial charge in [-0.2, -0.15) is 0 Å². The van der Waals surface area contributed by atoms with Crippen molar-refractivity contribution in [2.24, 2.45) is 0 Å². The molecule has 102 valence electrons. The minimum absolute atomic E-state index is 0.422. The number of rotatable bonds is 9. The quantitative estimate of drug-likeness (QED) is 0.471. The Morgan fingerprint density at radius 1 is 1.18 bits per heavy atom. The maximum atomic E-state index is 5.65. The molecular formula is C13H26ClNO2. The van der Waals surface area contributed by atoms with Crippen molar-refractivity contribution in [2.75, 3.05) is 45.3 Å².